The molecule has 2 fully saturated rings. The van der Waals surface area contributed by atoms with Crippen molar-refractivity contribution in [3.63, 3.8) is 0 Å². The average molecular weight is 1660 g/mol. The minimum Gasteiger partial charge on any atom is -0.370 e. The smallest absolute Gasteiger partial charge is 0.242 e. The molecule has 116 heavy (non-hydrogen) atoms. The highest BCUT2D eigenvalue weighted by Gasteiger charge is 2.41. The summed E-state index contributed by atoms with van der Waals surface area (Å²) in [5, 5.41) is 24.5. The number of thioether (sulfide) groups is 2. The van der Waals surface area contributed by atoms with Crippen molar-refractivity contribution in [3.05, 3.63) is 71.8 Å². The van der Waals surface area contributed by atoms with Gasteiger partial charge in [-0.15, -0.1) is 23.5 Å². The van der Waals surface area contributed by atoms with Crippen molar-refractivity contribution < 1.29 is 62.3 Å². The molecule has 10 amide bonds. The molecule has 2 aromatic rings. The third-order valence-electron chi connectivity index (χ3n) is 18.1. The lowest BCUT2D eigenvalue weighted by molar-refractivity contribution is -0.140. The van der Waals surface area contributed by atoms with Crippen molar-refractivity contribution in [1.82, 2.24) is 52.3 Å². The number of nitrogens with one attached hydrogen (secondary N) is 8. The Hall–Kier alpha value is -6.91. The lowest BCUT2D eigenvalue weighted by Crippen LogP contribution is -2.46. The van der Waals surface area contributed by atoms with Crippen LogP contribution in [0.1, 0.15) is 280 Å². The van der Waals surface area contributed by atoms with E-state index in [1.165, 1.54) is 21.6 Å². The minimum atomic E-state index is -0.363. The normalized spacial score (nSPS) is 15.7. The van der Waals surface area contributed by atoms with Gasteiger partial charge in [0.15, 0.2) is 11.6 Å². The summed E-state index contributed by atoms with van der Waals surface area (Å²) >= 11 is 3.08. The fraction of sp³-hybridized carbons (Fsp3) is 0.719. The fourth-order valence-corrected chi connectivity index (χ4v) is 15.2. The number of nitrogens with two attached hydrogens (primary N) is 2. The monoisotopic (exact) mass is 1660 g/mol. The van der Waals surface area contributed by atoms with Gasteiger partial charge in [0.05, 0.1) is 28.6 Å². The van der Waals surface area contributed by atoms with Crippen molar-refractivity contribution >= 4 is 99.9 Å². The fourth-order valence-electron chi connectivity index (χ4n) is 12.9. The predicted molar refractivity (Wildman–Crippen MR) is 472 cm³/mol. The lowest BCUT2D eigenvalue weighted by Gasteiger charge is -2.26. The number of carbonyl (C=O) groups excluding carboxylic acids is 13. The molecule has 0 aromatic heterocycles. The van der Waals surface area contributed by atoms with Crippen LogP contribution in [-0.4, -0.2) is 193 Å². The summed E-state index contributed by atoms with van der Waals surface area (Å²) in [6.45, 7) is 46.6. The van der Waals surface area contributed by atoms with Crippen LogP contribution in [0.4, 0.5) is 0 Å². The summed E-state index contributed by atoms with van der Waals surface area (Å²) in [6, 6.07) is 20.1. The number of hydrogen-bond acceptors (Lipinski definition) is 19. The molecule has 0 spiro atoms. The molecule has 4 rings (SSSR count). The molecule has 660 valence electrons. The van der Waals surface area contributed by atoms with Crippen LogP contribution < -0.4 is 54.0 Å². The van der Waals surface area contributed by atoms with E-state index < -0.39 is 0 Å². The molecule has 0 aliphatic carbocycles. The van der Waals surface area contributed by atoms with Crippen molar-refractivity contribution in [2.24, 2.45) is 35.1 Å². The first-order valence-electron chi connectivity index (χ1n) is 42.7. The van der Waals surface area contributed by atoms with Crippen LogP contribution in [0.15, 0.2) is 60.7 Å². The highest BCUT2D eigenvalue weighted by Crippen LogP contribution is 2.30. The zero-order valence-corrected chi connectivity index (χ0v) is 76.6. The maximum atomic E-state index is 13.0. The van der Waals surface area contributed by atoms with Crippen LogP contribution in [0.25, 0.3) is 0 Å². The summed E-state index contributed by atoms with van der Waals surface area (Å²) in [6.07, 6.45) is 10.4. The molecule has 27 heteroatoms. The van der Waals surface area contributed by atoms with E-state index in [1.54, 1.807) is 11.8 Å². The van der Waals surface area contributed by atoms with Gasteiger partial charge in [0.1, 0.15) is 5.78 Å². The predicted octanol–water partition coefficient (Wildman–Crippen LogP) is 11.2. The largest absolute Gasteiger partial charge is 0.370 e. The van der Waals surface area contributed by atoms with Gasteiger partial charge in [-0.2, -0.15) is 0 Å². The molecule has 0 radical (unpaired) electrons. The molecule has 0 saturated carbocycles. The molecule has 25 nitrogen and oxygen atoms in total. The third-order valence-corrected chi connectivity index (χ3v) is 20.6. The number of nitrogens with zero attached hydrogens (tertiary/aromatic N) is 2. The molecule has 0 bridgehead atoms. The van der Waals surface area contributed by atoms with Gasteiger partial charge in [0.2, 0.25) is 59.1 Å². The molecule has 2 heterocycles. The number of likely N-dealkylation sites (tertiary alicyclic amines) is 2. The van der Waals surface area contributed by atoms with E-state index in [9.17, 15) is 62.3 Å². The molecule has 2 saturated heterocycles. The van der Waals surface area contributed by atoms with E-state index in [2.05, 4.69) is 42.5 Å². The molecular formula is C89H154N12O13S2. The van der Waals surface area contributed by atoms with Gasteiger partial charge in [0.25, 0.3) is 0 Å². The van der Waals surface area contributed by atoms with Crippen molar-refractivity contribution in [3.8, 4) is 0 Å². The first kappa shape index (κ1) is 109. The standard InChI is InChI=1S/C22H37N3O2.C19H37N3O3.C19H30N2O2.C16H28N2O3S.C13H22N2O3S/c1-16(2)24-20(12-8-9-13-23)21(26)15-19(22(27)25-17(3)4)14-18-10-6-5-7-11-18;1-12(2)18(21-13(3)4)16(23)11-15(19(25)22-14(5)6)9-7-8-10-17(20)24;1-13(2)20-15(5)18(22)12-17(19(23)21-14(3)4)11-16-9-7-6-8-10-16;1-11(2)17-14(19)8-6-5-7-9-18-15(20)10-13(16(18)21)22-12(3)4;1-8(2)14-11(16)5-6-15-12(17)7-10(13(15)18)19-9(3)4/h5-7,10-11,16-17,19-20,24H,8-9,12-15,23H2,1-4H3,(H,25,27);12-15,18,21H,7-11H2,1-6H3,(H2,20,24)(H,22,25);6-10,13-15,17,20H,11-12H2,1-5H3,(H,21,23);11-13H,5-10H2,1-4H3,(H,17,19);8-10H,5-7H2,1-4H3,(H,14,16). The Labute approximate surface area is 706 Å². The number of amides is 10. The number of benzene rings is 2. The van der Waals surface area contributed by atoms with E-state index in [1.807, 2.05) is 220 Å². The van der Waals surface area contributed by atoms with Gasteiger partial charge in [-0.25, -0.2) is 0 Å². The second kappa shape index (κ2) is 60.5. The third kappa shape index (κ3) is 50.8. The quantitative estimate of drug-likeness (QED) is 0.0217. The molecule has 8 atom stereocenters. The average Bonchev–Trinajstić information content (AvgIpc) is 1.68. The van der Waals surface area contributed by atoms with Crippen LogP contribution in [-0.2, 0) is 75.2 Å². The van der Waals surface area contributed by atoms with Crippen LogP contribution in [0, 0.1) is 23.7 Å². The molecule has 12 N–H and O–H groups in total. The summed E-state index contributed by atoms with van der Waals surface area (Å²) in [7, 11) is 0. The first-order valence-corrected chi connectivity index (χ1v) is 44.6. The van der Waals surface area contributed by atoms with Gasteiger partial charge >= 0.3 is 0 Å². The Kier molecular flexibility index (Phi) is 56.9. The number of Topliss-reactive ketones (excluding diaryl/α,β-unsaturated/α-hetero) is 3. The highest BCUT2D eigenvalue weighted by molar-refractivity contribution is 8.01. The second-order valence-electron chi connectivity index (χ2n) is 34.0. The number of imide groups is 2. The van der Waals surface area contributed by atoms with Gasteiger partial charge in [-0.3, -0.25) is 72.1 Å². The Bertz CT molecular complexity index is 3240. The molecule has 2 aliphatic heterocycles. The SMILES string of the molecule is CC(C)NC(=O)C(CC(=O)C(C)NC(C)C)Cc1ccccc1.CC(C)NC(=O)C(CC(=O)C(CCCCN)NC(C)C)Cc1ccccc1.CC(C)NC(=O)C(CCCCC(N)=O)CC(=O)C(NC(C)C)C(C)C.CC(C)NC(=O)CCCCCN1C(=O)CC(SC(C)C)C1=O.CC(C)NC(=O)CCN1C(=O)CC(SC(C)C)C1=O. The topological polar surface area (TPSA) is 377 Å². The van der Waals surface area contributed by atoms with E-state index in [0.29, 0.717) is 75.0 Å². The second-order valence-corrected chi connectivity index (χ2v) is 37.5. The van der Waals surface area contributed by atoms with Crippen LogP contribution in [0.2, 0.25) is 0 Å². The Morgan fingerprint density at radius 3 is 1.19 bits per heavy atom. The maximum absolute atomic E-state index is 13.0. The van der Waals surface area contributed by atoms with Crippen LogP contribution in [0.5, 0.6) is 0 Å². The maximum Gasteiger partial charge on any atom is 0.242 e. The van der Waals surface area contributed by atoms with E-state index in [4.69, 9.17) is 11.5 Å². The lowest BCUT2D eigenvalue weighted by atomic mass is 9.88. The van der Waals surface area contributed by atoms with E-state index in [-0.39, 0.29) is 216 Å². The van der Waals surface area contributed by atoms with Crippen molar-refractivity contribution in [1.29, 1.82) is 0 Å². The molecule has 2 aliphatic rings. The Morgan fingerprint density at radius 1 is 0.405 bits per heavy atom. The number of primary amides is 1. The number of hydrogen-bond donors (Lipinski definition) is 10. The van der Waals surface area contributed by atoms with E-state index >= 15 is 0 Å². The summed E-state index contributed by atoms with van der Waals surface area (Å²) in [5.41, 5.74) is 12.9. The number of rotatable bonds is 50. The van der Waals surface area contributed by atoms with Gasteiger partial charge in [-0.1, -0.05) is 163 Å². The van der Waals surface area contributed by atoms with Gasteiger partial charge in [0, 0.05) is 131 Å². The molecule has 8 unspecified atom stereocenters. The zero-order valence-electron chi connectivity index (χ0n) is 75.0. The Morgan fingerprint density at radius 2 is 0.793 bits per heavy atom. The molecular weight excluding hydrogens is 1510 g/mol. The van der Waals surface area contributed by atoms with Gasteiger partial charge < -0.3 is 54.0 Å². The number of unbranched alkanes of at least 4 members (excludes halogenated alkanes) is 4. The van der Waals surface area contributed by atoms with Crippen molar-refractivity contribution in [2.45, 2.75) is 369 Å². The summed E-state index contributed by atoms with van der Waals surface area (Å²) < 4.78 is 0. The molecule has 2 aromatic carbocycles. The van der Waals surface area contributed by atoms with Crippen LogP contribution >= 0.6 is 23.5 Å². The van der Waals surface area contributed by atoms with E-state index in [0.717, 1.165) is 49.7 Å². The summed E-state index contributed by atoms with van der Waals surface area (Å²) in [5.74, 6) is -1.61. The highest BCUT2D eigenvalue weighted by atomic mass is 32.2. The number of ketones is 3. The van der Waals surface area contributed by atoms with Crippen molar-refractivity contribution in [2.75, 3.05) is 19.6 Å². The Balaban J connectivity index is 0.00000143. The summed E-state index contributed by atoms with van der Waals surface area (Å²) in [4.78, 5) is 160. The minimum absolute atomic E-state index is 0.0328. The zero-order chi connectivity index (χ0) is 88.5. The number of carbonyl (C=O) groups is 13. The first-order chi connectivity index (χ1) is 54.3. The van der Waals surface area contributed by atoms with Crippen LogP contribution in [0.3, 0.4) is 0 Å². The van der Waals surface area contributed by atoms with Gasteiger partial charge in [-0.05, 0) is 162 Å².